The predicted octanol–water partition coefficient (Wildman–Crippen LogP) is 3.96. The van der Waals surface area contributed by atoms with Gasteiger partial charge in [-0.3, -0.25) is 4.79 Å². The lowest BCUT2D eigenvalue weighted by Gasteiger charge is -2.30. The van der Waals surface area contributed by atoms with E-state index in [2.05, 4.69) is 5.32 Å². The number of fused-ring (bicyclic) bond motifs is 5. The fraction of sp³-hybridized carbons (Fsp3) is 0.633. The van der Waals surface area contributed by atoms with Gasteiger partial charge in [0.2, 0.25) is 11.8 Å². The van der Waals surface area contributed by atoms with Crippen LogP contribution >= 0.6 is 0 Å². The maximum atomic E-state index is 13.8. The second-order valence-electron chi connectivity index (χ2n) is 11.7. The lowest BCUT2D eigenvalue weighted by molar-refractivity contribution is -0.150. The fourth-order valence-corrected chi connectivity index (χ4v) is 6.15. The van der Waals surface area contributed by atoms with Gasteiger partial charge in [0.1, 0.15) is 35.7 Å². The van der Waals surface area contributed by atoms with Gasteiger partial charge in [0.05, 0.1) is 24.7 Å². The molecule has 1 saturated heterocycles. The van der Waals surface area contributed by atoms with Crippen LogP contribution in [-0.2, 0) is 20.7 Å². The Kier molecular flexibility index (Phi) is 8.51. The lowest BCUT2D eigenvalue weighted by Crippen LogP contribution is -2.54. The quantitative estimate of drug-likeness (QED) is 0.561. The van der Waals surface area contributed by atoms with Crippen molar-refractivity contribution >= 4 is 29.0 Å². The van der Waals surface area contributed by atoms with Crippen LogP contribution in [0.4, 0.5) is 4.79 Å². The Morgan fingerprint density at radius 1 is 1.15 bits per heavy atom. The Bertz CT molecular complexity index is 1300. The summed E-state index contributed by atoms with van der Waals surface area (Å²) in [5.74, 6) is -1.01. The summed E-state index contributed by atoms with van der Waals surface area (Å²) in [7, 11) is 1.59. The average Bonchev–Trinajstić information content (AvgIpc) is 3.56. The molecule has 0 spiro atoms. The Morgan fingerprint density at radius 3 is 2.66 bits per heavy atom. The first kappa shape index (κ1) is 28.9. The van der Waals surface area contributed by atoms with Gasteiger partial charge in [-0.1, -0.05) is 33.6 Å². The number of aliphatic carboxylic acids is 1. The molecule has 222 valence electrons. The number of aryl methyl sites for hydroxylation is 1. The molecule has 2 fully saturated rings. The van der Waals surface area contributed by atoms with Crippen molar-refractivity contribution in [1.82, 2.24) is 20.2 Å². The van der Waals surface area contributed by atoms with Crippen molar-refractivity contribution in [2.24, 2.45) is 17.8 Å². The molecular formula is C30H40N4O7. The second kappa shape index (κ2) is 12.1. The summed E-state index contributed by atoms with van der Waals surface area (Å²) in [4.78, 5) is 50.2. The third-order valence-electron chi connectivity index (χ3n) is 8.58. The molecule has 41 heavy (non-hydrogen) atoms. The predicted molar refractivity (Wildman–Crippen MR) is 150 cm³/mol. The van der Waals surface area contributed by atoms with Crippen LogP contribution in [0.15, 0.2) is 18.2 Å². The number of nitrogens with zero attached hydrogens (tertiary/aromatic N) is 3. The number of alkyl carbamates (subject to hydrolysis) is 1. The molecule has 6 atom stereocenters. The molecule has 1 saturated carbocycles. The number of benzene rings is 1. The first-order valence-corrected chi connectivity index (χ1v) is 14.7. The topological polar surface area (TPSA) is 140 Å². The number of carboxylic acids is 1. The summed E-state index contributed by atoms with van der Waals surface area (Å²) in [5.41, 5.74) is 2.05. The zero-order valence-corrected chi connectivity index (χ0v) is 24.2. The van der Waals surface area contributed by atoms with E-state index in [-0.39, 0.29) is 18.6 Å². The van der Waals surface area contributed by atoms with Crippen molar-refractivity contribution in [3.05, 3.63) is 23.9 Å². The highest BCUT2D eigenvalue weighted by Gasteiger charge is 2.50. The summed E-state index contributed by atoms with van der Waals surface area (Å²) in [5, 5.41) is 13.0. The van der Waals surface area contributed by atoms with Gasteiger partial charge in [-0.15, -0.1) is 0 Å². The molecule has 1 aromatic carbocycles. The van der Waals surface area contributed by atoms with Crippen molar-refractivity contribution in [2.75, 3.05) is 13.7 Å². The van der Waals surface area contributed by atoms with Gasteiger partial charge in [0.15, 0.2) is 0 Å². The van der Waals surface area contributed by atoms with Gasteiger partial charge >= 0.3 is 12.1 Å². The fourth-order valence-electron chi connectivity index (χ4n) is 6.15. The smallest absolute Gasteiger partial charge is 0.408 e. The first-order chi connectivity index (χ1) is 19.7. The molecule has 2 amide bonds. The molecule has 5 rings (SSSR count). The van der Waals surface area contributed by atoms with Crippen LogP contribution in [-0.4, -0.2) is 75.9 Å². The van der Waals surface area contributed by atoms with Crippen LogP contribution in [0.5, 0.6) is 11.6 Å². The van der Waals surface area contributed by atoms with Gasteiger partial charge in [0.25, 0.3) is 0 Å². The lowest BCUT2D eigenvalue weighted by atomic mass is 9.94. The second-order valence-corrected chi connectivity index (χ2v) is 11.7. The van der Waals surface area contributed by atoms with E-state index in [0.717, 1.165) is 43.3 Å². The number of carboxylic acid groups (broad SMARTS) is 1. The van der Waals surface area contributed by atoms with Gasteiger partial charge in [0, 0.05) is 12.0 Å². The number of nitrogens with one attached hydrogen (secondary N) is 1. The normalized spacial score (nSPS) is 29.0. The molecule has 2 bridgehead atoms. The molecule has 0 unspecified atom stereocenters. The summed E-state index contributed by atoms with van der Waals surface area (Å²) in [6, 6.07) is 3.47. The maximum Gasteiger partial charge on any atom is 0.408 e. The number of rotatable bonds is 4. The van der Waals surface area contributed by atoms with Crippen LogP contribution in [0.3, 0.4) is 0 Å². The summed E-state index contributed by atoms with van der Waals surface area (Å²) >= 11 is 0. The summed E-state index contributed by atoms with van der Waals surface area (Å²) < 4.78 is 17.5. The molecule has 2 N–H and O–H groups in total. The number of hydrogen-bond acceptors (Lipinski definition) is 8. The van der Waals surface area contributed by atoms with E-state index in [0.29, 0.717) is 35.9 Å². The van der Waals surface area contributed by atoms with E-state index >= 15 is 0 Å². The Morgan fingerprint density at radius 2 is 1.95 bits per heavy atom. The van der Waals surface area contributed by atoms with Crippen molar-refractivity contribution < 1.29 is 33.7 Å². The molecule has 3 heterocycles. The SMILES string of the molecule is CC[C@@H]1[C@@H]2CN(C(=O)[C@H](C(C)C)NC(=O)O[C@@H]3C[C@H]3CCCCCc3nc4ccc(OC)cc4nc3O2)[C@@H]1C(=O)O. The number of carbonyl (C=O) groups is 3. The third-order valence-corrected chi connectivity index (χ3v) is 8.58. The molecule has 0 radical (unpaired) electrons. The van der Waals surface area contributed by atoms with Crippen molar-refractivity contribution in [1.29, 1.82) is 0 Å². The van der Waals surface area contributed by atoms with E-state index in [1.165, 1.54) is 4.90 Å². The van der Waals surface area contributed by atoms with Crippen LogP contribution in [0, 0.1) is 17.8 Å². The highest BCUT2D eigenvalue weighted by Crippen LogP contribution is 2.39. The van der Waals surface area contributed by atoms with E-state index < -0.39 is 42.1 Å². The summed E-state index contributed by atoms with van der Waals surface area (Å²) in [6.07, 6.45) is 4.38. The zero-order valence-electron chi connectivity index (χ0n) is 24.2. The van der Waals surface area contributed by atoms with Gasteiger partial charge in [-0.2, -0.15) is 0 Å². The Balaban J connectivity index is 1.52. The summed E-state index contributed by atoms with van der Waals surface area (Å²) in [6.45, 7) is 5.57. The number of ether oxygens (including phenoxy) is 3. The minimum atomic E-state index is -1.11. The highest BCUT2D eigenvalue weighted by atomic mass is 16.6. The van der Waals surface area contributed by atoms with E-state index in [1.807, 2.05) is 32.9 Å². The molecule has 1 aromatic heterocycles. The molecule has 1 aliphatic carbocycles. The van der Waals surface area contributed by atoms with Crippen LogP contribution in [0.1, 0.15) is 65.0 Å². The van der Waals surface area contributed by atoms with Crippen molar-refractivity contribution in [3.8, 4) is 11.6 Å². The molecule has 11 heteroatoms. The monoisotopic (exact) mass is 568 g/mol. The molecule has 11 nitrogen and oxygen atoms in total. The minimum Gasteiger partial charge on any atom is -0.497 e. The van der Waals surface area contributed by atoms with Crippen molar-refractivity contribution in [3.63, 3.8) is 0 Å². The molecule has 2 aromatic rings. The molecule has 3 aliphatic rings. The number of carbonyl (C=O) groups excluding carboxylic acids is 2. The van der Waals surface area contributed by atoms with Crippen LogP contribution in [0.2, 0.25) is 0 Å². The standard InChI is InChI=1S/C30H40N4O7/c1-5-19-24-15-34(26(19)29(36)37)28(35)25(16(2)3)33-30(38)41-23-13-17(23)9-7-6-8-10-21-27(40-24)32-22-14-18(39-4)11-12-20(22)31-21/h11-12,14,16-17,19,23-26H,5-10,13,15H2,1-4H3,(H,33,38)(H,36,37)/t17-,19-,23-,24+,25+,26+/m1/s1. The maximum absolute atomic E-state index is 13.8. The van der Waals surface area contributed by atoms with Gasteiger partial charge in [-0.05, 0) is 56.1 Å². The largest absolute Gasteiger partial charge is 0.497 e. The van der Waals surface area contributed by atoms with Crippen LogP contribution < -0.4 is 14.8 Å². The van der Waals surface area contributed by atoms with Gasteiger partial charge in [-0.25, -0.2) is 19.6 Å². The van der Waals surface area contributed by atoms with Crippen LogP contribution in [0.25, 0.3) is 11.0 Å². The average molecular weight is 569 g/mol. The number of amides is 2. The molecular weight excluding hydrogens is 528 g/mol. The van der Waals surface area contributed by atoms with E-state index in [4.69, 9.17) is 24.2 Å². The first-order valence-electron chi connectivity index (χ1n) is 14.7. The van der Waals surface area contributed by atoms with E-state index in [1.54, 1.807) is 13.2 Å². The number of hydrogen-bond donors (Lipinski definition) is 2. The number of methoxy groups -OCH3 is 1. The Labute approximate surface area is 239 Å². The third kappa shape index (κ3) is 6.18. The van der Waals surface area contributed by atoms with Gasteiger partial charge < -0.3 is 29.5 Å². The number of aromatic nitrogens is 2. The minimum absolute atomic E-state index is 0.0518. The molecule has 2 aliphatic heterocycles. The Hall–Kier alpha value is -3.63. The van der Waals surface area contributed by atoms with E-state index in [9.17, 15) is 19.5 Å². The van der Waals surface area contributed by atoms with Crippen molar-refractivity contribution in [2.45, 2.75) is 90.0 Å². The zero-order chi connectivity index (χ0) is 29.3. The highest BCUT2D eigenvalue weighted by molar-refractivity contribution is 5.90.